The molecule has 0 saturated carbocycles. The molecule has 0 radical (unpaired) electrons. The average Bonchev–Trinajstić information content (AvgIpc) is 3.37. The molecule has 4 rings (SSSR count). The molecule has 0 unspecified atom stereocenters. The normalized spacial score (nSPS) is 10.7. The molecule has 0 aliphatic rings. The molecule has 0 aliphatic heterocycles. The van der Waals surface area contributed by atoms with Crippen LogP contribution in [-0.2, 0) is 5.75 Å². The van der Waals surface area contributed by atoms with E-state index in [1.165, 1.54) is 17.6 Å². The zero-order chi connectivity index (χ0) is 18.5. The Labute approximate surface area is 164 Å². The number of nitrogens with zero attached hydrogens (tertiary/aromatic N) is 2. The Balaban J connectivity index is 1.43. The van der Waals surface area contributed by atoms with Crippen molar-refractivity contribution in [3.63, 3.8) is 0 Å². The zero-order valence-corrected chi connectivity index (χ0v) is 15.8. The van der Waals surface area contributed by atoms with E-state index in [-0.39, 0.29) is 5.91 Å². The number of rotatable bonds is 6. The largest absolute Gasteiger partial charge is 0.459 e. The van der Waals surface area contributed by atoms with Gasteiger partial charge in [0.25, 0.3) is 5.91 Å². The second-order valence-corrected chi connectivity index (χ2v) is 7.64. The summed E-state index contributed by atoms with van der Waals surface area (Å²) in [6.45, 7) is 0. The van der Waals surface area contributed by atoms with Crippen LogP contribution in [0.1, 0.15) is 16.1 Å². The van der Waals surface area contributed by atoms with Crippen molar-refractivity contribution < 1.29 is 9.21 Å². The highest BCUT2D eigenvalue weighted by molar-refractivity contribution is 7.98. The van der Waals surface area contributed by atoms with Gasteiger partial charge in [-0.1, -0.05) is 59.9 Å². The molecule has 1 amide bonds. The SMILES string of the molecule is O=C(Nc1nnc(-c2ccccc2)s1)c1occc1CSc1ccccc1. The molecular weight excluding hydrogens is 378 g/mol. The van der Waals surface area contributed by atoms with Crippen molar-refractivity contribution in [3.05, 3.63) is 84.3 Å². The molecule has 4 aromatic rings. The number of nitrogens with one attached hydrogen (secondary N) is 1. The second kappa shape index (κ2) is 8.20. The number of aromatic nitrogens is 2. The van der Waals surface area contributed by atoms with E-state index < -0.39 is 0 Å². The van der Waals surface area contributed by atoms with Gasteiger partial charge in [-0.05, 0) is 18.2 Å². The smallest absolute Gasteiger partial charge is 0.293 e. The highest BCUT2D eigenvalue weighted by atomic mass is 32.2. The molecule has 0 fully saturated rings. The third-order valence-corrected chi connectivity index (χ3v) is 5.71. The monoisotopic (exact) mass is 393 g/mol. The van der Waals surface area contributed by atoms with Crippen molar-refractivity contribution >= 4 is 34.1 Å². The van der Waals surface area contributed by atoms with Crippen molar-refractivity contribution in [2.75, 3.05) is 5.32 Å². The topological polar surface area (TPSA) is 68.0 Å². The molecular formula is C20H15N3O2S2. The summed E-state index contributed by atoms with van der Waals surface area (Å²) in [6, 6.07) is 21.6. The van der Waals surface area contributed by atoms with Gasteiger partial charge in [-0.2, -0.15) is 0 Å². The third kappa shape index (κ3) is 4.27. The van der Waals surface area contributed by atoms with Crippen LogP contribution in [0.15, 0.2) is 82.3 Å². The molecule has 0 atom stereocenters. The minimum Gasteiger partial charge on any atom is -0.459 e. The number of hydrogen-bond acceptors (Lipinski definition) is 6. The summed E-state index contributed by atoms with van der Waals surface area (Å²) in [5.74, 6) is 0.628. The lowest BCUT2D eigenvalue weighted by Gasteiger charge is -2.03. The molecule has 0 saturated heterocycles. The van der Waals surface area contributed by atoms with Gasteiger partial charge < -0.3 is 4.42 Å². The van der Waals surface area contributed by atoms with Gasteiger partial charge in [-0.3, -0.25) is 10.1 Å². The lowest BCUT2D eigenvalue weighted by atomic mass is 10.2. The molecule has 27 heavy (non-hydrogen) atoms. The van der Waals surface area contributed by atoms with Crippen LogP contribution in [0.4, 0.5) is 5.13 Å². The highest BCUT2D eigenvalue weighted by Gasteiger charge is 2.18. The van der Waals surface area contributed by atoms with Crippen LogP contribution in [0, 0.1) is 0 Å². The summed E-state index contributed by atoms with van der Waals surface area (Å²) in [5, 5.41) is 12.2. The lowest BCUT2D eigenvalue weighted by Crippen LogP contribution is -2.12. The van der Waals surface area contributed by atoms with E-state index in [1.807, 2.05) is 66.7 Å². The molecule has 2 aromatic heterocycles. The Bertz CT molecular complexity index is 1030. The van der Waals surface area contributed by atoms with Crippen LogP contribution >= 0.6 is 23.1 Å². The maximum Gasteiger partial charge on any atom is 0.293 e. The molecule has 5 nitrogen and oxygen atoms in total. The lowest BCUT2D eigenvalue weighted by molar-refractivity contribution is 0.0995. The van der Waals surface area contributed by atoms with Crippen LogP contribution in [0.3, 0.4) is 0 Å². The summed E-state index contributed by atoms with van der Waals surface area (Å²) < 4.78 is 5.41. The Morgan fingerprint density at radius 2 is 1.74 bits per heavy atom. The maximum atomic E-state index is 12.6. The van der Waals surface area contributed by atoms with Gasteiger partial charge in [0.1, 0.15) is 5.01 Å². The number of carbonyl (C=O) groups is 1. The summed E-state index contributed by atoms with van der Waals surface area (Å²) >= 11 is 2.98. The van der Waals surface area contributed by atoms with Crippen molar-refractivity contribution in [3.8, 4) is 10.6 Å². The predicted molar refractivity (Wildman–Crippen MR) is 108 cm³/mol. The van der Waals surface area contributed by atoms with Crippen molar-refractivity contribution in [2.45, 2.75) is 10.6 Å². The van der Waals surface area contributed by atoms with Gasteiger partial charge in [-0.15, -0.1) is 22.0 Å². The number of carbonyl (C=O) groups excluding carboxylic acids is 1. The third-order valence-electron chi connectivity index (χ3n) is 3.76. The van der Waals surface area contributed by atoms with E-state index in [0.29, 0.717) is 16.6 Å². The summed E-state index contributed by atoms with van der Waals surface area (Å²) in [6.07, 6.45) is 1.53. The van der Waals surface area contributed by atoms with Crippen LogP contribution in [0.25, 0.3) is 10.6 Å². The quantitative estimate of drug-likeness (QED) is 0.448. The van der Waals surface area contributed by atoms with E-state index >= 15 is 0 Å². The van der Waals surface area contributed by atoms with Gasteiger partial charge in [0.2, 0.25) is 5.13 Å². The van der Waals surface area contributed by atoms with E-state index in [0.717, 1.165) is 21.0 Å². The van der Waals surface area contributed by atoms with Crippen molar-refractivity contribution in [1.82, 2.24) is 10.2 Å². The Hall–Kier alpha value is -2.90. The van der Waals surface area contributed by atoms with E-state index in [2.05, 4.69) is 15.5 Å². The molecule has 134 valence electrons. The van der Waals surface area contributed by atoms with E-state index in [1.54, 1.807) is 11.8 Å². The molecule has 0 aliphatic carbocycles. The standard InChI is InChI=1S/C20H15N3O2S2/c24-18(21-20-23-22-19(27-20)14-7-3-1-4-8-14)17-15(11-12-25-17)13-26-16-9-5-2-6-10-16/h1-12H,13H2,(H,21,23,24). The summed E-state index contributed by atoms with van der Waals surface area (Å²) in [7, 11) is 0. The fourth-order valence-electron chi connectivity index (χ4n) is 2.45. The van der Waals surface area contributed by atoms with E-state index in [4.69, 9.17) is 4.42 Å². The first kappa shape index (κ1) is 17.5. The Morgan fingerprint density at radius 1 is 1.00 bits per heavy atom. The van der Waals surface area contributed by atoms with Gasteiger partial charge in [0.05, 0.1) is 6.26 Å². The number of hydrogen-bond donors (Lipinski definition) is 1. The molecule has 2 heterocycles. The average molecular weight is 393 g/mol. The van der Waals surface area contributed by atoms with Gasteiger partial charge in [0, 0.05) is 21.8 Å². The molecule has 7 heteroatoms. The van der Waals surface area contributed by atoms with Crippen LogP contribution in [0.5, 0.6) is 0 Å². The first-order valence-corrected chi connectivity index (χ1v) is 10.0. The first-order valence-electron chi connectivity index (χ1n) is 8.24. The number of thioether (sulfide) groups is 1. The fourth-order valence-corrected chi connectivity index (χ4v) is 4.09. The van der Waals surface area contributed by atoms with Crippen molar-refractivity contribution in [1.29, 1.82) is 0 Å². The molecule has 1 N–H and O–H groups in total. The second-order valence-electron chi connectivity index (χ2n) is 5.61. The predicted octanol–water partition coefficient (Wildman–Crippen LogP) is 5.34. The molecule has 2 aromatic carbocycles. The van der Waals surface area contributed by atoms with Gasteiger partial charge >= 0.3 is 0 Å². The van der Waals surface area contributed by atoms with E-state index in [9.17, 15) is 4.79 Å². The summed E-state index contributed by atoms with van der Waals surface area (Å²) in [4.78, 5) is 13.7. The van der Waals surface area contributed by atoms with Crippen molar-refractivity contribution in [2.24, 2.45) is 0 Å². The molecule has 0 bridgehead atoms. The summed E-state index contributed by atoms with van der Waals surface area (Å²) in [5.41, 5.74) is 1.81. The van der Waals surface area contributed by atoms with Crippen LogP contribution in [0.2, 0.25) is 0 Å². The minimum absolute atomic E-state index is 0.301. The first-order chi connectivity index (χ1) is 13.3. The molecule has 0 spiro atoms. The highest BCUT2D eigenvalue weighted by Crippen LogP contribution is 2.28. The maximum absolute atomic E-state index is 12.6. The number of anilines is 1. The van der Waals surface area contributed by atoms with Crippen LogP contribution < -0.4 is 5.32 Å². The number of amides is 1. The number of furan rings is 1. The fraction of sp³-hybridized carbons (Fsp3) is 0.0500. The van der Waals surface area contributed by atoms with Crippen LogP contribution in [-0.4, -0.2) is 16.1 Å². The number of benzene rings is 2. The Morgan fingerprint density at radius 3 is 2.52 bits per heavy atom. The minimum atomic E-state index is -0.320. The van der Waals surface area contributed by atoms with Gasteiger partial charge in [0.15, 0.2) is 5.76 Å². The Kier molecular flexibility index (Phi) is 5.32. The van der Waals surface area contributed by atoms with Gasteiger partial charge in [-0.25, -0.2) is 0 Å². The zero-order valence-electron chi connectivity index (χ0n) is 14.2.